The van der Waals surface area contributed by atoms with Crippen molar-refractivity contribution in [3.8, 4) is 0 Å². The lowest BCUT2D eigenvalue weighted by molar-refractivity contribution is -0.126. The molecule has 2 unspecified atom stereocenters. The number of carbonyl (C=O) groups is 1. The van der Waals surface area contributed by atoms with E-state index in [0.717, 1.165) is 6.26 Å². The van der Waals surface area contributed by atoms with E-state index in [1.54, 1.807) is 0 Å². The molecule has 2 N–H and O–H groups in total. The second kappa shape index (κ2) is 7.92. The van der Waals surface area contributed by atoms with Gasteiger partial charge in [-0.05, 0) is 19.3 Å². The van der Waals surface area contributed by atoms with Crippen molar-refractivity contribution in [1.82, 2.24) is 9.62 Å². The summed E-state index contributed by atoms with van der Waals surface area (Å²) in [6.45, 7) is 1.32. The molecule has 0 spiro atoms. The van der Waals surface area contributed by atoms with Gasteiger partial charge in [0.15, 0.2) is 0 Å². The molecule has 8 heteroatoms. The van der Waals surface area contributed by atoms with Gasteiger partial charge in [-0.1, -0.05) is 0 Å². The summed E-state index contributed by atoms with van der Waals surface area (Å²) in [6, 6.07) is 0. The van der Waals surface area contributed by atoms with Crippen LogP contribution in [-0.2, 0) is 19.6 Å². The lowest BCUT2D eigenvalue weighted by Gasteiger charge is -2.30. The van der Waals surface area contributed by atoms with Crippen LogP contribution in [0.3, 0.4) is 0 Å². The predicted molar refractivity (Wildman–Crippen MR) is 74.7 cm³/mol. The van der Waals surface area contributed by atoms with Crippen molar-refractivity contribution < 1.29 is 23.1 Å². The van der Waals surface area contributed by atoms with Crippen LogP contribution in [0.15, 0.2) is 0 Å². The topological polar surface area (TPSA) is 95.9 Å². The monoisotopic (exact) mass is 308 g/mol. The van der Waals surface area contributed by atoms with Crippen LogP contribution in [0.5, 0.6) is 0 Å². The van der Waals surface area contributed by atoms with Crippen molar-refractivity contribution >= 4 is 15.9 Å². The largest absolute Gasteiger partial charge is 0.391 e. The van der Waals surface area contributed by atoms with Crippen molar-refractivity contribution in [3.05, 3.63) is 0 Å². The standard InChI is InChI=1S/C12H24N2O5S/c1-19-9-11(15)5-6-13-12(16)10-4-3-7-14(8-10)20(2,17)18/h10-11,15H,3-9H2,1-2H3,(H,13,16). The second-order valence-electron chi connectivity index (χ2n) is 5.15. The van der Waals surface area contributed by atoms with Crippen LogP contribution in [0.4, 0.5) is 0 Å². The van der Waals surface area contributed by atoms with E-state index in [1.165, 1.54) is 11.4 Å². The number of sulfonamides is 1. The average molecular weight is 308 g/mol. The first-order valence-corrected chi connectivity index (χ1v) is 8.59. The highest BCUT2D eigenvalue weighted by atomic mass is 32.2. The molecular weight excluding hydrogens is 284 g/mol. The maximum Gasteiger partial charge on any atom is 0.224 e. The summed E-state index contributed by atoms with van der Waals surface area (Å²) < 4.78 is 29.1. The number of piperidine rings is 1. The summed E-state index contributed by atoms with van der Waals surface area (Å²) in [5.41, 5.74) is 0. The summed E-state index contributed by atoms with van der Waals surface area (Å²) in [5.74, 6) is -0.457. The molecule has 1 rings (SSSR count). The van der Waals surface area contributed by atoms with Crippen molar-refractivity contribution in [1.29, 1.82) is 0 Å². The van der Waals surface area contributed by atoms with Crippen molar-refractivity contribution in [3.63, 3.8) is 0 Å². The molecule has 0 aliphatic carbocycles. The molecule has 1 amide bonds. The molecule has 118 valence electrons. The molecule has 1 fully saturated rings. The Labute approximate surface area is 120 Å². The zero-order valence-electron chi connectivity index (χ0n) is 12.0. The predicted octanol–water partition coefficient (Wildman–Crippen LogP) is -0.828. The molecule has 0 aromatic carbocycles. The minimum Gasteiger partial charge on any atom is -0.391 e. The van der Waals surface area contributed by atoms with Crippen LogP contribution in [0.2, 0.25) is 0 Å². The van der Waals surface area contributed by atoms with E-state index in [2.05, 4.69) is 5.32 Å². The maximum absolute atomic E-state index is 12.0. The zero-order chi connectivity index (χ0) is 15.2. The quantitative estimate of drug-likeness (QED) is 0.640. The molecule has 2 atom stereocenters. The van der Waals surface area contributed by atoms with E-state index >= 15 is 0 Å². The molecule has 7 nitrogen and oxygen atoms in total. The molecule has 0 radical (unpaired) electrons. The average Bonchev–Trinajstić information content (AvgIpc) is 2.38. The lowest BCUT2D eigenvalue weighted by Crippen LogP contribution is -2.45. The number of nitrogens with zero attached hydrogens (tertiary/aromatic N) is 1. The first-order valence-electron chi connectivity index (χ1n) is 6.74. The van der Waals surface area contributed by atoms with Crippen LogP contribution in [0.25, 0.3) is 0 Å². The Kier molecular flexibility index (Phi) is 6.87. The summed E-state index contributed by atoms with van der Waals surface area (Å²) in [7, 11) is -1.73. The molecule has 0 saturated carbocycles. The van der Waals surface area contributed by atoms with Crippen molar-refractivity contribution in [2.45, 2.75) is 25.4 Å². The van der Waals surface area contributed by atoms with Gasteiger partial charge in [0, 0.05) is 26.7 Å². The SMILES string of the molecule is COCC(O)CCNC(=O)C1CCCN(S(C)(=O)=O)C1. The number of aliphatic hydroxyl groups excluding tert-OH is 1. The zero-order valence-corrected chi connectivity index (χ0v) is 12.9. The maximum atomic E-state index is 12.0. The molecule has 0 aromatic heterocycles. The second-order valence-corrected chi connectivity index (χ2v) is 7.13. The van der Waals surface area contributed by atoms with Crippen LogP contribution in [0.1, 0.15) is 19.3 Å². The van der Waals surface area contributed by atoms with Crippen LogP contribution in [0, 0.1) is 5.92 Å². The summed E-state index contributed by atoms with van der Waals surface area (Å²) >= 11 is 0. The first-order chi connectivity index (χ1) is 9.34. The highest BCUT2D eigenvalue weighted by Gasteiger charge is 2.29. The molecule has 1 aliphatic rings. The van der Waals surface area contributed by atoms with E-state index in [9.17, 15) is 18.3 Å². The van der Waals surface area contributed by atoms with E-state index in [1.807, 2.05) is 0 Å². The Morgan fingerprint density at radius 1 is 1.55 bits per heavy atom. The Morgan fingerprint density at radius 2 is 2.25 bits per heavy atom. The molecule has 1 heterocycles. The fraction of sp³-hybridized carbons (Fsp3) is 0.917. The molecular formula is C12H24N2O5S. The third-order valence-corrected chi connectivity index (χ3v) is 4.63. The number of nitrogens with one attached hydrogen (secondary N) is 1. The van der Waals surface area contributed by atoms with Crippen LogP contribution in [-0.4, -0.2) is 69.4 Å². The third kappa shape index (κ3) is 5.74. The number of rotatable bonds is 7. The van der Waals surface area contributed by atoms with Gasteiger partial charge < -0.3 is 15.2 Å². The summed E-state index contributed by atoms with van der Waals surface area (Å²) in [5, 5.41) is 12.2. The van der Waals surface area contributed by atoms with E-state index in [0.29, 0.717) is 32.4 Å². The van der Waals surface area contributed by atoms with Gasteiger partial charge in [-0.15, -0.1) is 0 Å². The normalized spacial score (nSPS) is 22.4. The van der Waals surface area contributed by atoms with Crippen LogP contribution >= 0.6 is 0 Å². The minimum atomic E-state index is -3.24. The van der Waals surface area contributed by atoms with Gasteiger partial charge in [0.2, 0.25) is 15.9 Å². The molecule has 0 aromatic rings. The van der Waals surface area contributed by atoms with Gasteiger partial charge in [-0.3, -0.25) is 4.79 Å². The van der Waals surface area contributed by atoms with Gasteiger partial charge in [0.05, 0.1) is 24.9 Å². The first kappa shape index (κ1) is 17.4. The molecule has 1 saturated heterocycles. The van der Waals surface area contributed by atoms with Gasteiger partial charge in [0.1, 0.15) is 0 Å². The summed E-state index contributed by atoms with van der Waals surface area (Å²) in [6.07, 6.45) is 2.37. The Balaban J connectivity index is 2.36. The van der Waals surface area contributed by atoms with Gasteiger partial charge in [-0.25, -0.2) is 12.7 Å². The summed E-state index contributed by atoms with van der Waals surface area (Å²) in [4.78, 5) is 12.0. The van der Waals surface area contributed by atoms with Gasteiger partial charge in [0.25, 0.3) is 0 Å². The van der Waals surface area contributed by atoms with Crippen molar-refractivity contribution in [2.75, 3.05) is 39.6 Å². The minimum absolute atomic E-state index is 0.150. The Bertz CT molecular complexity index is 412. The van der Waals surface area contributed by atoms with E-state index in [-0.39, 0.29) is 25.0 Å². The number of ether oxygens (including phenoxy) is 1. The number of carbonyl (C=O) groups excluding carboxylic acids is 1. The smallest absolute Gasteiger partial charge is 0.224 e. The number of hydrogen-bond donors (Lipinski definition) is 2. The van der Waals surface area contributed by atoms with Gasteiger partial charge in [-0.2, -0.15) is 0 Å². The van der Waals surface area contributed by atoms with Crippen molar-refractivity contribution in [2.24, 2.45) is 5.92 Å². The number of hydrogen-bond acceptors (Lipinski definition) is 5. The van der Waals surface area contributed by atoms with Gasteiger partial charge >= 0.3 is 0 Å². The fourth-order valence-corrected chi connectivity index (χ4v) is 3.15. The van der Waals surface area contributed by atoms with E-state index < -0.39 is 16.1 Å². The molecule has 1 aliphatic heterocycles. The Hall–Kier alpha value is -0.700. The fourth-order valence-electron chi connectivity index (χ4n) is 2.24. The number of methoxy groups -OCH3 is 1. The molecule has 0 bridgehead atoms. The lowest BCUT2D eigenvalue weighted by atomic mass is 9.99. The highest BCUT2D eigenvalue weighted by molar-refractivity contribution is 7.88. The van der Waals surface area contributed by atoms with E-state index in [4.69, 9.17) is 4.74 Å². The highest BCUT2D eigenvalue weighted by Crippen LogP contribution is 2.18. The number of aliphatic hydroxyl groups is 1. The molecule has 20 heavy (non-hydrogen) atoms. The Morgan fingerprint density at radius 3 is 2.85 bits per heavy atom. The third-order valence-electron chi connectivity index (χ3n) is 3.36. The van der Waals surface area contributed by atoms with Crippen LogP contribution < -0.4 is 5.32 Å². The number of amides is 1.